The first kappa shape index (κ1) is 26.3. The van der Waals surface area contributed by atoms with E-state index in [2.05, 4.69) is 25.0 Å². The van der Waals surface area contributed by atoms with Gasteiger partial charge in [-0.3, -0.25) is 9.80 Å². The molecule has 2 aromatic heterocycles. The Labute approximate surface area is 231 Å². The molecule has 4 N–H and O–H groups in total. The van der Waals surface area contributed by atoms with Gasteiger partial charge in [-0.05, 0) is 30.2 Å². The van der Waals surface area contributed by atoms with E-state index in [0.717, 1.165) is 22.3 Å². The van der Waals surface area contributed by atoms with Crippen molar-refractivity contribution in [2.75, 3.05) is 25.7 Å². The second-order valence-corrected chi connectivity index (χ2v) is 9.09. The maximum atomic E-state index is 13.6. The summed E-state index contributed by atoms with van der Waals surface area (Å²) in [5.41, 5.74) is 16.3. The zero-order valence-electron chi connectivity index (χ0n) is 22.3. The van der Waals surface area contributed by atoms with Crippen LogP contribution in [-0.4, -0.2) is 51.2 Å². The molecule has 40 heavy (non-hydrogen) atoms. The standard InChI is InChI=1S/C29H28N8O3/c1-17-32-14-21(15-33-17)26-22-7-5-4-6-19(22)16-35-37(26)9-8-24(38)23-11-18(12-25(39-2)27(23)40-3)10-20-13-34-29(31)36-28(20)30/h4-9,11-16,26H,10H2,1-3H3,(H4,30,31,34,36)/b9-8+. The lowest BCUT2D eigenvalue weighted by Gasteiger charge is -2.31. The van der Waals surface area contributed by atoms with Crippen molar-refractivity contribution >= 4 is 23.8 Å². The zero-order chi connectivity index (χ0) is 28.2. The first-order chi connectivity index (χ1) is 19.4. The number of fused-ring (bicyclic) bond motifs is 1. The average Bonchev–Trinajstić information content (AvgIpc) is 2.97. The van der Waals surface area contributed by atoms with Crippen LogP contribution in [-0.2, 0) is 6.42 Å². The van der Waals surface area contributed by atoms with E-state index in [1.807, 2.05) is 31.2 Å². The first-order valence-corrected chi connectivity index (χ1v) is 12.4. The molecule has 1 aliphatic rings. The number of ether oxygens (including phenoxy) is 2. The summed E-state index contributed by atoms with van der Waals surface area (Å²) in [4.78, 5) is 30.4. The molecule has 1 unspecified atom stereocenters. The van der Waals surface area contributed by atoms with Crippen LogP contribution in [0.5, 0.6) is 11.5 Å². The highest BCUT2D eigenvalue weighted by Crippen LogP contribution is 2.36. The van der Waals surface area contributed by atoms with Crippen molar-refractivity contribution in [1.29, 1.82) is 0 Å². The highest BCUT2D eigenvalue weighted by atomic mass is 16.5. The van der Waals surface area contributed by atoms with E-state index in [1.54, 1.807) is 48.1 Å². The van der Waals surface area contributed by atoms with Crippen molar-refractivity contribution in [3.63, 3.8) is 0 Å². The summed E-state index contributed by atoms with van der Waals surface area (Å²) >= 11 is 0. The van der Waals surface area contributed by atoms with Crippen LogP contribution in [0.3, 0.4) is 0 Å². The summed E-state index contributed by atoms with van der Waals surface area (Å²) in [6.07, 6.45) is 10.3. The van der Waals surface area contributed by atoms with Crippen LogP contribution in [0, 0.1) is 6.92 Å². The largest absolute Gasteiger partial charge is 0.493 e. The molecule has 5 rings (SSSR count). The van der Waals surface area contributed by atoms with Crippen LogP contribution >= 0.6 is 0 Å². The number of aromatic nitrogens is 4. The van der Waals surface area contributed by atoms with E-state index in [9.17, 15) is 4.79 Å². The molecule has 1 atom stereocenters. The summed E-state index contributed by atoms with van der Waals surface area (Å²) in [5.74, 6) is 1.45. The van der Waals surface area contributed by atoms with Crippen LogP contribution in [0.4, 0.5) is 11.8 Å². The number of rotatable bonds is 8. The number of methoxy groups -OCH3 is 2. The van der Waals surface area contributed by atoms with Crippen LogP contribution in [0.1, 0.15) is 50.0 Å². The molecule has 11 nitrogen and oxygen atoms in total. The fraction of sp³-hybridized carbons (Fsp3) is 0.172. The predicted octanol–water partition coefficient (Wildman–Crippen LogP) is 3.48. The lowest BCUT2D eigenvalue weighted by molar-refractivity contribution is 0.104. The molecule has 4 aromatic rings. The van der Waals surface area contributed by atoms with E-state index in [1.165, 1.54) is 20.3 Å². The maximum absolute atomic E-state index is 13.6. The fourth-order valence-corrected chi connectivity index (χ4v) is 4.55. The summed E-state index contributed by atoms with van der Waals surface area (Å²) < 4.78 is 11.1. The number of anilines is 2. The van der Waals surface area contributed by atoms with Gasteiger partial charge in [-0.25, -0.2) is 15.0 Å². The minimum Gasteiger partial charge on any atom is -0.493 e. The fourth-order valence-electron chi connectivity index (χ4n) is 4.55. The van der Waals surface area contributed by atoms with Gasteiger partial charge in [-0.15, -0.1) is 0 Å². The number of ketones is 1. The molecular formula is C29H28N8O3. The number of allylic oxidation sites excluding steroid dienone is 1. The van der Waals surface area contributed by atoms with Crippen molar-refractivity contribution < 1.29 is 14.3 Å². The van der Waals surface area contributed by atoms with Crippen molar-refractivity contribution in [3.8, 4) is 11.5 Å². The minimum atomic E-state index is -0.317. The third kappa shape index (κ3) is 5.30. The normalized spacial score (nSPS) is 14.3. The number of nitrogens with two attached hydrogens (primary N) is 2. The second-order valence-electron chi connectivity index (χ2n) is 9.09. The summed E-state index contributed by atoms with van der Waals surface area (Å²) in [5, 5.41) is 6.32. The molecule has 1 aliphatic heterocycles. The maximum Gasteiger partial charge on any atom is 0.221 e. The number of carbonyl (C=O) groups excluding carboxylic acids is 1. The molecule has 202 valence electrons. The Bertz CT molecular complexity index is 1620. The second kappa shape index (κ2) is 11.2. The average molecular weight is 537 g/mol. The Morgan fingerprint density at radius 3 is 2.55 bits per heavy atom. The van der Waals surface area contributed by atoms with Gasteiger partial charge < -0.3 is 20.9 Å². The molecule has 0 radical (unpaired) electrons. The molecule has 0 saturated heterocycles. The van der Waals surface area contributed by atoms with Gasteiger partial charge in [0.15, 0.2) is 17.3 Å². The van der Waals surface area contributed by atoms with Gasteiger partial charge in [0.1, 0.15) is 17.7 Å². The number of nitrogens with zero attached hydrogens (tertiary/aromatic N) is 6. The van der Waals surface area contributed by atoms with Crippen LogP contribution in [0.15, 0.2) is 72.4 Å². The topological polar surface area (TPSA) is 155 Å². The number of hydrazone groups is 1. The van der Waals surface area contributed by atoms with Gasteiger partial charge in [-0.2, -0.15) is 10.1 Å². The zero-order valence-corrected chi connectivity index (χ0v) is 22.3. The minimum absolute atomic E-state index is 0.0908. The number of hydrogen-bond donors (Lipinski definition) is 2. The highest BCUT2D eigenvalue weighted by Gasteiger charge is 2.26. The third-order valence-corrected chi connectivity index (χ3v) is 6.50. The Kier molecular flexibility index (Phi) is 7.36. The molecule has 2 aromatic carbocycles. The van der Waals surface area contributed by atoms with Gasteiger partial charge in [-0.1, -0.05) is 24.3 Å². The van der Waals surface area contributed by atoms with Crippen LogP contribution in [0.2, 0.25) is 0 Å². The van der Waals surface area contributed by atoms with E-state index >= 15 is 0 Å². The van der Waals surface area contributed by atoms with Crippen molar-refractivity contribution in [2.24, 2.45) is 5.10 Å². The molecule has 0 fully saturated rings. The van der Waals surface area contributed by atoms with E-state index in [4.69, 9.17) is 20.9 Å². The molecule has 0 aliphatic carbocycles. The Morgan fingerprint density at radius 2 is 1.82 bits per heavy atom. The van der Waals surface area contributed by atoms with Crippen molar-refractivity contribution in [2.45, 2.75) is 19.4 Å². The molecule has 0 spiro atoms. The molecule has 0 saturated carbocycles. The lowest BCUT2D eigenvalue weighted by atomic mass is 9.95. The summed E-state index contributed by atoms with van der Waals surface area (Å²) in [6.45, 7) is 1.83. The lowest BCUT2D eigenvalue weighted by Crippen LogP contribution is -2.25. The van der Waals surface area contributed by atoms with E-state index < -0.39 is 0 Å². The Balaban J connectivity index is 1.49. The van der Waals surface area contributed by atoms with Crippen molar-refractivity contribution in [3.05, 3.63) is 106 Å². The SMILES string of the molecule is COc1cc(Cc2cnc(N)nc2N)cc(C(=O)/C=C/N2N=Cc3ccccc3C2c2cnc(C)nc2)c1OC. The number of benzene rings is 2. The van der Waals surface area contributed by atoms with Gasteiger partial charge in [0.2, 0.25) is 5.95 Å². The quantitative estimate of drug-likeness (QED) is 0.253. The number of carbonyl (C=O) groups is 1. The first-order valence-electron chi connectivity index (χ1n) is 12.4. The molecule has 0 bridgehead atoms. The summed E-state index contributed by atoms with van der Waals surface area (Å²) in [6, 6.07) is 11.2. The summed E-state index contributed by atoms with van der Waals surface area (Å²) in [7, 11) is 3.00. The van der Waals surface area contributed by atoms with E-state index in [-0.39, 0.29) is 23.6 Å². The molecule has 3 heterocycles. The van der Waals surface area contributed by atoms with Crippen LogP contribution < -0.4 is 20.9 Å². The van der Waals surface area contributed by atoms with Gasteiger partial charge in [0.05, 0.1) is 26.0 Å². The van der Waals surface area contributed by atoms with Gasteiger partial charge in [0, 0.05) is 54.0 Å². The van der Waals surface area contributed by atoms with Gasteiger partial charge in [0.25, 0.3) is 0 Å². The highest BCUT2D eigenvalue weighted by molar-refractivity contribution is 6.07. The Morgan fingerprint density at radius 1 is 1.05 bits per heavy atom. The number of nitrogen functional groups attached to an aromatic ring is 2. The number of aryl methyl sites for hydroxylation is 1. The van der Waals surface area contributed by atoms with Crippen molar-refractivity contribution in [1.82, 2.24) is 24.9 Å². The molecule has 11 heteroatoms. The van der Waals surface area contributed by atoms with E-state index in [0.29, 0.717) is 34.9 Å². The Hall–Kier alpha value is -5.32. The molecule has 0 amide bonds. The molecular weight excluding hydrogens is 508 g/mol. The number of hydrogen-bond acceptors (Lipinski definition) is 11. The van der Waals surface area contributed by atoms with Crippen LogP contribution in [0.25, 0.3) is 0 Å². The third-order valence-electron chi connectivity index (χ3n) is 6.50. The smallest absolute Gasteiger partial charge is 0.221 e. The monoisotopic (exact) mass is 536 g/mol. The predicted molar refractivity (Wildman–Crippen MR) is 151 cm³/mol. The van der Waals surface area contributed by atoms with Gasteiger partial charge >= 0.3 is 0 Å².